The number of rotatable bonds is 4. The zero-order chi connectivity index (χ0) is 17.6. The first-order valence-corrected chi connectivity index (χ1v) is 8.90. The first-order valence-electron chi connectivity index (χ1n) is 8.90. The number of pyridine rings is 1. The van der Waals surface area contributed by atoms with Gasteiger partial charge in [-0.3, -0.25) is 0 Å². The van der Waals surface area contributed by atoms with E-state index in [0.717, 1.165) is 37.4 Å². The number of aromatic nitrogens is 1. The number of carbonyl (C=O) groups excluding carboxylic acids is 1. The van der Waals surface area contributed by atoms with Crippen LogP contribution in [-0.2, 0) is 0 Å². The summed E-state index contributed by atoms with van der Waals surface area (Å²) in [6, 6.07) is 11.8. The molecule has 132 valence electrons. The van der Waals surface area contributed by atoms with Crippen LogP contribution in [0.5, 0.6) is 0 Å². The molecule has 0 aliphatic carbocycles. The van der Waals surface area contributed by atoms with Crippen LogP contribution < -0.4 is 15.5 Å². The SMILES string of the molecule is Cc1ccc(NC(=O)NCC2CCN(c3ccccn3)CC2)cc1C. The number of carbonyl (C=O) groups is 1. The van der Waals surface area contributed by atoms with Gasteiger partial charge in [0.05, 0.1) is 0 Å². The van der Waals surface area contributed by atoms with Gasteiger partial charge >= 0.3 is 6.03 Å². The number of nitrogens with zero attached hydrogens (tertiary/aromatic N) is 2. The lowest BCUT2D eigenvalue weighted by Gasteiger charge is -2.32. The Labute approximate surface area is 149 Å². The molecule has 5 heteroatoms. The fraction of sp³-hybridized carbons (Fsp3) is 0.400. The molecule has 1 fully saturated rings. The van der Waals surface area contributed by atoms with Gasteiger partial charge in [0.25, 0.3) is 0 Å². The van der Waals surface area contributed by atoms with E-state index in [1.54, 1.807) is 0 Å². The van der Waals surface area contributed by atoms with Crippen molar-refractivity contribution in [3.8, 4) is 0 Å². The van der Waals surface area contributed by atoms with E-state index in [2.05, 4.69) is 33.5 Å². The van der Waals surface area contributed by atoms with Gasteiger partial charge < -0.3 is 15.5 Å². The Morgan fingerprint density at radius 3 is 2.64 bits per heavy atom. The monoisotopic (exact) mass is 338 g/mol. The van der Waals surface area contributed by atoms with Crippen molar-refractivity contribution >= 4 is 17.5 Å². The normalized spacial score (nSPS) is 15.0. The summed E-state index contributed by atoms with van der Waals surface area (Å²) in [5, 5.41) is 5.92. The molecule has 1 aliphatic heterocycles. The molecular weight excluding hydrogens is 312 g/mol. The Morgan fingerprint density at radius 1 is 1.16 bits per heavy atom. The number of nitrogens with one attached hydrogen (secondary N) is 2. The largest absolute Gasteiger partial charge is 0.357 e. The fourth-order valence-electron chi connectivity index (χ4n) is 3.14. The molecule has 5 nitrogen and oxygen atoms in total. The zero-order valence-electron chi connectivity index (χ0n) is 15.0. The predicted molar refractivity (Wildman–Crippen MR) is 102 cm³/mol. The van der Waals surface area contributed by atoms with Crippen molar-refractivity contribution in [2.45, 2.75) is 26.7 Å². The molecule has 1 aromatic carbocycles. The first kappa shape index (κ1) is 17.3. The molecule has 1 aromatic heterocycles. The second-order valence-corrected chi connectivity index (χ2v) is 6.75. The molecule has 0 bridgehead atoms. The number of hydrogen-bond donors (Lipinski definition) is 2. The Bertz CT molecular complexity index is 709. The number of urea groups is 1. The van der Waals surface area contributed by atoms with Crippen molar-refractivity contribution in [1.29, 1.82) is 0 Å². The van der Waals surface area contributed by atoms with Crippen molar-refractivity contribution < 1.29 is 4.79 Å². The van der Waals surface area contributed by atoms with Crippen LogP contribution in [0.4, 0.5) is 16.3 Å². The van der Waals surface area contributed by atoms with Gasteiger partial charge in [-0.1, -0.05) is 12.1 Å². The van der Waals surface area contributed by atoms with Crippen LogP contribution in [-0.4, -0.2) is 30.6 Å². The van der Waals surface area contributed by atoms with Crippen LogP contribution in [0, 0.1) is 19.8 Å². The third-order valence-electron chi connectivity index (χ3n) is 4.90. The summed E-state index contributed by atoms with van der Waals surface area (Å²) in [4.78, 5) is 18.8. The molecule has 0 unspecified atom stereocenters. The summed E-state index contributed by atoms with van der Waals surface area (Å²) in [6.45, 7) is 6.81. The number of piperidine rings is 1. The molecule has 2 amide bonds. The van der Waals surface area contributed by atoms with Crippen molar-refractivity contribution in [2.75, 3.05) is 29.9 Å². The molecule has 0 atom stereocenters. The third-order valence-corrected chi connectivity index (χ3v) is 4.90. The highest BCUT2D eigenvalue weighted by Gasteiger charge is 2.20. The second kappa shape index (κ2) is 8.01. The predicted octanol–water partition coefficient (Wildman–Crippen LogP) is 3.74. The van der Waals surface area contributed by atoms with Crippen LogP contribution in [0.2, 0.25) is 0 Å². The molecule has 3 rings (SSSR count). The van der Waals surface area contributed by atoms with Crippen molar-refractivity contribution in [1.82, 2.24) is 10.3 Å². The van der Waals surface area contributed by atoms with Crippen LogP contribution in [0.15, 0.2) is 42.6 Å². The van der Waals surface area contributed by atoms with Gasteiger partial charge in [-0.15, -0.1) is 0 Å². The molecule has 1 saturated heterocycles. The lowest BCUT2D eigenvalue weighted by molar-refractivity contribution is 0.248. The van der Waals surface area contributed by atoms with Gasteiger partial charge in [0.1, 0.15) is 5.82 Å². The lowest BCUT2D eigenvalue weighted by Crippen LogP contribution is -2.40. The van der Waals surface area contributed by atoms with E-state index >= 15 is 0 Å². The number of hydrogen-bond acceptors (Lipinski definition) is 3. The summed E-state index contributed by atoms with van der Waals surface area (Å²) in [6.07, 6.45) is 3.97. The minimum absolute atomic E-state index is 0.129. The van der Waals surface area contributed by atoms with Crippen LogP contribution in [0.3, 0.4) is 0 Å². The van der Waals surface area contributed by atoms with Crippen LogP contribution in [0.25, 0.3) is 0 Å². The standard InChI is InChI=1S/C20H26N4O/c1-15-6-7-18(13-16(15)2)23-20(25)22-14-17-8-11-24(12-9-17)19-5-3-4-10-21-19/h3-7,10,13,17H,8-9,11-12,14H2,1-2H3,(H2,22,23,25). The lowest BCUT2D eigenvalue weighted by atomic mass is 9.97. The van der Waals surface area contributed by atoms with Gasteiger partial charge in [0.15, 0.2) is 0 Å². The Morgan fingerprint density at radius 2 is 1.96 bits per heavy atom. The zero-order valence-corrected chi connectivity index (χ0v) is 15.0. The van der Waals surface area contributed by atoms with E-state index < -0.39 is 0 Å². The molecule has 1 aliphatic rings. The Hall–Kier alpha value is -2.56. The molecular formula is C20H26N4O. The molecule has 0 radical (unpaired) electrons. The smallest absolute Gasteiger partial charge is 0.319 e. The van der Waals surface area contributed by atoms with E-state index in [4.69, 9.17) is 0 Å². The average molecular weight is 338 g/mol. The second-order valence-electron chi connectivity index (χ2n) is 6.75. The molecule has 2 N–H and O–H groups in total. The van der Waals surface area contributed by atoms with Gasteiger partial charge in [-0.2, -0.15) is 0 Å². The average Bonchev–Trinajstić information content (AvgIpc) is 2.64. The minimum atomic E-state index is -0.129. The van der Waals surface area contributed by atoms with Crippen molar-refractivity contribution in [2.24, 2.45) is 5.92 Å². The highest BCUT2D eigenvalue weighted by Crippen LogP contribution is 2.21. The van der Waals surface area contributed by atoms with Gasteiger partial charge in [-0.05, 0) is 68.0 Å². The molecule has 0 spiro atoms. The fourth-order valence-corrected chi connectivity index (χ4v) is 3.14. The highest BCUT2D eigenvalue weighted by molar-refractivity contribution is 5.89. The summed E-state index contributed by atoms with van der Waals surface area (Å²) < 4.78 is 0. The molecule has 0 saturated carbocycles. The topological polar surface area (TPSA) is 57.3 Å². The van der Waals surface area contributed by atoms with E-state index in [9.17, 15) is 4.79 Å². The number of benzene rings is 1. The Balaban J connectivity index is 1.42. The number of anilines is 2. The number of aryl methyl sites for hydroxylation is 2. The summed E-state index contributed by atoms with van der Waals surface area (Å²) in [5.74, 6) is 1.56. The maximum absolute atomic E-state index is 12.1. The van der Waals surface area contributed by atoms with E-state index in [-0.39, 0.29) is 6.03 Å². The maximum Gasteiger partial charge on any atom is 0.319 e. The van der Waals surface area contributed by atoms with Crippen LogP contribution in [0.1, 0.15) is 24.0 Å². The van der Waals surface area contributed by atoms with E-state index in [0.29, 0.717) is 12.5 Å². The Kier molecular flexibility index (Phi) is 5.53. The highest BCUT2D eigenvalue weighted by atomic mass is 16.2. The third kappa shape index (κ3) is 4.72. The van der Waals surface area contributed by atoms with Gasteiger partial charge in [0, 0.05) is 31.5 Å². The molecule has 2 heterocycles. The van der Waals surface area contributed by atoms with Gasteiger partial charge in [0.2, 0.25) is 0 Å². The van der Waals surface area contributed by atoms with Gasteiger partial charge in [-0.25, -0.2) is 9.78 Å². The number of amides is 2. The summed E-state index contributed by atoms with van der Waals surface area (Å²) in [5.41, 5.74) is 3.25. The summed E-state index contributed by atoms with van der Waals surface area (Å²) >= 11 is 0. The summed E-state index contributed by atoms with van der Waals surface area (Å²) in [7, 11) is 0. The van der Waals surface area contributed by atoms with Crippen LogP contribution >= 0.6 is 0 Å². The van der Waals surface area contributed by atoms with Crippen molar-refractivity contribution in [3.63, 3.8) is 0 Å². The van der Waals surface area contributed by atoms with E-state index in [1.807, 2.05) is 43.5 Å². The first-order chi connectivity index (χ1) is 12.1. The molecule has 2 aromatic rings. The maximum atomic E-state index is 12.1. The minimum Gasteiger partial charge on any atom is -0.357 e. The molecule has 25 heavy (non-hydrogen) atoms. The van der Waals surface area contributed by atoms with E-state index in [1.165, 1.54) is 11.1 Å². The van der Waals surface area contributed by atoms with Crippen molar-refractivity contribution in [3.05, 3.63) is 53.7 Å². The quantitative estimate of drug-likeness (QED) is 0.893.